The molecule has 8 heteroatoms. The Morgan fingerprint density at radius 3 is 2.31 bits per heavy atom. The van der Waals surface area contributed by atoms with Gasteiger partial charge in [-0.05, 0) is 37.7 Å². The van der Waals surface area contributed by atoms with Crippen LogP contribution in [0.3, 0.4) is 0 Å². The second-order valence-electron chi connectivity index (χ2n) is 10.0. The first-order valence-corrected chi connectivity index (χ1v) is 11.1. The van der Waals surface area contributed by atoms with Crippen LogP contribution in [0.4, 0.5) is 0 Å². The van der Waals surface area contributed by atoms with Crippen molar-refractivity contribution in [1.82, 2.24) is 0 Å². The van der Waals surface area contributed by atoms with Crippen molar-refractivity contribution >= 4 is 23.5 Å². The first-order chi connectivity index (χ1) is 14.9. The number of ketones is 2. The van der Waals surface area contributed by atoms with Gasteiger partial charge in [-0.3, -0.25) is 19.2 Å². The fraction of sp³-hybridized carbons (Fsp3) is 0.667. The monoisotopic (exact) mass is 446 g/mol. The SMILES string of the molecule is CC(=O)OCC1=C(C)[C@@H]2[C@H](O)[C@@H](OC(C)=O)C3=C(C(=O)[C@H](O)[C@@]4(C[C@@H]4C)C3=O)[C@@]2(C)CC1. The highest BCUT2D eigenvalue weighted by Crippen LogP contribution is 2.64. The number of carbonyl (C=O) groups excluding carboxylic acids is 4. The largest absolute Gasteiger partial charge is 0.461 e. The third kappa shape index (κ3) is 2.95. The van der Waals surface area contributed by atoms with Crippen LogP contribution in [0.2, 0.25) is 0 Å². The Morgan fingerprint density at radius 2 is 1.78 bits per heavy atom. The number of aliphatic hydroxyl groups is 2. The third-order valence-corrected chi connectivity index (χ3v) is 8.19. The third-order valence-electron chi connectivity index (χ3n) is 8.19. The van der Waals surface area contributed by atoms with E-state index in [1.165, 1.54) is 13.8 Å². The van der Waals surface area contributed by atoms with E-state index in [9.17, 15) is 29.4 Å². The number of carbonyl (C=O) groups is 4. The predicted molar refractivity (Wildman–Crippen MR) is 111 cm³/mol. The molecule has 0 bridgehead atoms. The fourth-order valence-corrected chi connectivity index (χ4v) is 6.40. The van der Waals surface area contributed by atoms with Crippen LogP contribution in [-0.2, 0) is 28.7 Å². The smallest absolute Gasteiger partial charge is 0.303 e. The fourth-order valence-electron chi connectivity index (χ4n) is 6.40. The molecular formula is C24H30O8. The summed E-state index contributed by atoms with van der Waals surface area (Å²) < 4.78 is 10.6. The van der Waals surface area contributed by atoms with E-state index in [0.29, 0.717) is 19.3 Å². The van der Waals surface area contributed by atoms with Crippen LogP contribution >= 0.6 is 0 Å². The molecule has 8 nitrogen and oxygen atoms in total. The lowest BCUT2D eigenvalue weighted by Crippen LogP contribution is -2.60. The topological polar surface area (TPSA) is 127 Å². The zero-order valence-corrected chi connectivity index (χ0v) is 19.1. The summed E-state index contributed by atoms with van der Waals surface area (Å²) in [5.41, 5.74) is -0.338. The molecule has 1 spiro atoms. The molecule has 0 aliphatic heterocycles. The zero-order valence-electron chi connectivity index (χ0n) is 19.1. The molecule has 2 N–H and O–H groups in total. The number of rotatable bonds is 3. The van der Waals surface area contributed by atoms with Crippen molar-refractivity contribution in [2.75, 3.05) is 6.61 Å². The molecule has 0 heterocycles. The van der Waals surface area contributed by atoms with E-state index in [-0.39, 0.29) is 23.7 Å². The number of aliphatic hydroxyl groups excluding tert-OH is 2. The maximum absolute atomic E-state index is 13.6. The molecule has 1 fully saturated rings. The highest BCUT2D eigenvalue weighted by Gasteiger charge is 2.71. The van der Waals surface area contributed by atoms with Gasteiger partial charge in [-0.2, -0.15) is 0 Å². The Morgan fingerprint density at radius 1 is 1.16 bits per heavy atom. The maximum atomic E-state index is 13.6. The van der Waals surface area contributed by atoms with Gasteiger partial charge in [0, 0.05) is 36.3 Å². The van der Waals surface area contributed by atoms with Crippen molar-refractivity contribution in [3.63, 3.8) is 0 Å². The van der Waals surface area contributed by atoms with Gasteiger partial charge in [-0.1, -0.05) is 19.4 Å². The molecule has 174 valence electrons. The summed E-state index contributed by atoms with van der Waals surface area (Å²) in [7, 11) is 0. The lowest BCUT2D eigenvalue weighted by Gasteiger charge is -2.54. The van der Waals surface area contributed by atoms with Gasteiger partial charge in [-0.25, -0.2) is 0 Å². The second kappa shape index (κ2) is 7.35. The van der Waals surface area contributed by atoms with Gasteiger partial charge in [-0.15, -0.1) is 0 Å². The highest BCUT2D eigenvalue weighted by molar-refractivity contribution is 6.19. The minimum atomic E-state index is -1.44. The lowest BCUT2D eigenvalue weighted by molar-refractivity contribution is -0.159. The van der Waals surface area contributed by atoms with Gasteiger partial charge in [0.05, 0.1) is 5.41 Å². The quantitative estimate of drug-likeness (QED) is 0.492. The van der Waals surface area contributed by atoms with E-state index in [1.54, 1.807) is 13.8 Å². The molecular weight excluding hydrogens is 416 g/mol. The van der Waals surface area contributed by atoms with Crippen molar-refractivity contribution in [2.24, 2.45) is 22.7 Å². The Balaban J connectivity index is 1.89. The van der Waals surface area contributed by atoms with Crippen molar-refractivity contribution in [2.45, 2.75) is 72.2 Å². The van der Waals surface area contributed by atoms with Crippen molar-refractivity contribution in [3.05, 3.63) is 22.3 Å². The van der Waals surface area contributed by atoms with Crippen molar-refractivity contribution < 1.29 is 38.9 Å². The molecule has 0 saturated heterocycles. The summed E-state index contributed by atoms with van der Waals surface area (Å²) in [6, 6.07) is 0. The van der Waals surface area contributed by atoms with Crippen molar-refractivity contribution in [1.29, 1.82) is 0 Å². The van der Waals surface area contributed by atoms with Crippen LogP contribution in [0.5, 0.6) is 0 Å². The number of ether oxygens (including phenoxy) is 2. The van der Waals surface area contributed by atoms with Crippen LogP contribution in [0.15, 0.2) is 22.3 Å². The molecule has 0 aromatic rings. The second-order valence-corrected chi connectivity index (χ2v) is 10.0. The summed E-state index contributed by atoms with van der Waals surface area (Å²) in [5.74, 6) is -2.83. The Hall–Kier alpha value is -2.32. The average molecular weight is 446 g/mol. The highest BCUT2D eigenvalue weighted by atomic mass is 16.6. The first-order valence-electron chi connectivity index (χ1n) is 11.1. The molecule has 0 aromatic heterocycles. The lowest BCUT2D eigenvalue weighted by atomic mass is 9.51. The summed E-state index contributed by atoms with van der Waals surface area (Å²) in [5, 5.41) is 22.3. The molecule has 0 amide bonds. The molecule has 7 atom stereocenters. The van der Waals surface area contributed by atoms with E-state index < -0.39 is 58.6 Å². The van der Waals surface area contributed by atoms with Gasteiger partial charge in [0.15, 0.2) is 17.7 Å². The molecule has 0 aromatic carbocycles. The minimum absolute atomic E-state index is 0.0438. The predicted octanol–water partition coefficient (Wildman–Crippen LogP) is 1.42. The van der Waals surface area contributed by atoms with Crippen LogP contribution in [-0.4, -0.2) is 58.6 Å². The number of esters is 2. The molecule has 4 aliphatic rings. The van der Waals surface area contributed by atoms with E-state index in [2.05, 4.69) is 0 Å². The van der Waals surface area contributed by atoms with Gasteiger partial charge in [0.2, 0.25) is 0 Å². The van der Waals surface area contributed by atoms with Crippen molar-refractivity contribution in [3.8, 4) is 0 Å². The van der Waals surface area contributed by atoms with Gasteiger partial charge < -0.3 is 19.7 Å². The maximum Gasteiger partial charge on any atom is 0.303 e. The van der Waals surface area contributed by atoms with Gasteiger partial charge in [0.1, 0.15) is 18.8 Å². The standard InChI is InChI=1S/C24H30O8/c1-10-8-24(10)21(29)15-17(19(28)22(24)30)23(5)7-6-14(9-31-12(3)25)11(2)16(23)18(27)20(15)32-13(4)26/h10,16,18,20,22,27,30H,6-9H2,1-5H3/t10-,16+,18-,20-,22-,23-,24+/m0/s1. The van der Waals surface area contributed by atoms with Crippen LogP contribution < -0.4 is 0 Å². The van der Waals surface area contributed by atoms with E-state index in [0.717, 1.165) is 11.1 Å². The Bertz CT molecular complexity index is 990. The summed E-state index contributed by atoms with van der Waals surface area (Å²) in [4.78, 5) is 50.4. The molecule has 4 rings (SSSR count). The first kappa shape index (κ1) is 22.9. The zero-order chi connectivity index (χ0) is 23.7. The van der Waals surface area contributed by atoms with E-state index in [1.807, 2.05) is 6.92 Å². The van der Waals surface area contributed by atoms with Crippen LogP contribution in [0, 0.1) is 22.7 Å². The minimum Gasteiger partial charge on any atom is -0.461 e. The molecule has 1 saturated carbocycles. The molecule has 32 heavy (non-hydrogen) atoms. The molecule has 4 aliphatic carbocycles. The Kier molecular flexibility index (Phi) is 5.25. The van der Waals surface area contributed by atoms with E-state index in [4.69, 9.17) is 9.47 Å². The number of fused-ring (bicyclic) bond motifs is 2. The number of hydrogen-bond acceptors (Lipinski definition) is 8. The summed E-state index contributed by atoms with van der Waals surface area (Å²) in [6.45, 7) is 8.00. The number of Topliss-reactive ketones (excluding diaryl/α,β-unsaturated/α-hetero) is 2. The number of hydrogen-bond donors (Lipinski definition) is 2. The normalized spacial score (nSPS) is 40.8. The van der Waals surface area contributed by atoms with Crippen LogP contribution in [0.25, 0.3) is 0 Å². The van der Waals surface area contributed by atoms with Gasteiger partial charge >= 0.3 is 11.9 Å². The summed E-state index contributed by atoms with van der Waals surface area (Å²) in [6.07, 6.45) is -2.69. The molecule has 0 unspecified atom stereocenters. The van der Waals surface area contributed by atoms with E-state index >= 15 is 0 Å². The summed E-state index contributed by atoms with van der Waals surface area (Å²) >= 11 is 0. The van der Waals surface area contributed by atoms with Crippen LogP contribution in [0.1, 0.15) is 53.9 Å². The average Bonchev–Trinajstić information content (AvgIpc) is 3.38. The van der Waals surface area contributed by atoms with Gasteiger partial charge in [0.25, 0.3) is 0 Å². The molecule has 0 radical (unpaired) electrons. The Labute approximate surface area is 186 Å².